The quantitative estimate of drug-likeness (QED) is 0.750. The molecule has 0 aliphatic rings. The Morgan fingerprint density at radius 1 is 1.50 bits per heavy atom. The third-order valence-electron chi connectivity index (χ3n) is 1.48. The molecule has 0 aliphatic heterocycles. The van der Waals surface area contributed by atoms with Crippen LogP contribution in [0.4, 0.5) is 0 Å². The first-order valence-electron chi connectivity index (χ1n) is 3.27. The Hall–Kier alpha value is 0.270. The van der Waals surface area contributed by atoms with Crippen molar-refractivity contribution >= 4 is 43.5 Å². The highest BCUT2D eigenvalue weighted by Crippen LogP contribution is 2.36. The van der Waals surface area contributed by atoms with Gasteiger partial charge >= 0.3 is 0 Å². The Kier molecular flexibility index (Phi) is 3.87. The molecule has 0 bridgehead atoms. The van der Waals surface area contributed by atoms with Crippen LogP contribution in [0.1, 0.15) is 5.56 Å². The van der Waals surface area contributed by atoms with E-state index in [1.807, 2.05) is 12.1 Å². The maximum absolute atomic E-state index is 6.03. The van der Waals surface area contributed by atoms with Gasteiger partial charge < -0.3 is 4.74 Å². The minimum Gasteiger partial charge on any atom is -0.494 e. The SMILES string of the molecule is COc1c(Br)ccc(CBr)c1Cl. The normalized spacial score (nSPS) is 10.0. The zero-order valence-electron chi connectivity index (χ0n) is 6.40. The van der Waals surface area contributed by atoms with Gasteiger partial charge in [-0.1, -0.05) is 33.6 Å². The summed E-state index contributed by atoms with van der Waals surface area (Å²) in [5.41, 5.74) is 1.02. The van der Waals surface area contributed by atoms with Crippen molar-refractivity contribution < 1.29 is 4.74 Å². The van der Waals surface area contributed by atoms with Crippen LogP contribution in [0, 0.1) is 0 Å². The number of alkyl halides is 1. The Balaban J connectivity index is 3.24. The van der Waals surface area contributed by atoms with Gasteiger partial charge in [-0.3, -0.25) is 0 Å². The van der Waals surface area contributed by atoms with Crippen molar-refractivity contribution in [3.63, 3.8) is 0 Å². The highest BCUT2D eigenvalue weighted by molar-refractivity contribution is 9.10. The van der Waals surface area contributed by atoms with Crippen LogP contribution in [0.2, 0.25) is 5.02 Å². The van der Waals surface area contributed by atoms with Crippen LogP contribution in [0.15, 0.2) is 16.6 Å². The van der Waals surface area contributed by atoms with Gasteiger partial charge in [0.05, 0.1) is 16.6 Å². The van der Waals surface area contributed by atoms with Crippen LogP contribution in [-0.4, -0.2) is 7.11 Å². The number of methoxy groups -OCH3 is 1. The van der Waals surface area contributed by atoms with Crippen LogP contribution >= 0.6 is 43.5 Å². The van der Waals surface area contributed by atoms with Crippen molar-refractivity contribution in [2.45, 2.75) is 5.33 Å². The van der Waals surface area contributed by atoms with Crippen molar-refractivity contribution in [2.75, 3.05) is 7.11 Å². The molecule has 0 saturated heterocycles. The molecular weight excluding hydrogens is 307 g/mol. The van der Waals surface area contributed by atoms with Crippen molar-refractivity contribution in [1.82, 2.24) is 0 Å². The molecule has 0 unspecified atom stereocenters. The van der Waals surface area contributed by atoms with Gasteiger partial charge in [0.15, 0.2) is 5.75 Å². The molecule has 1 nitrogen and oxygen atoms in total. The second-order valence-corrected chi connectivity index (χ2v) is 3.98. The largest absolute Gasteiger partial charge is 0.494 e. The molecule has 0 radical (unpaired) electrons. The number of ether oxygens (including phenoxy) is 1. The van der Waals surface area contributed by atoms with Crippen LogP contribution in [-0.2, 0) is 5.33 Å². The van der Waals surface area contributed by atoms with Crippen molar-refractivity contribution in [3.05, 3.63) is 27.2 Å². The van der Waals surface area contributed by atoms with Crippen molar-refractivity contribution in [1.29, 1.82) is 0 Å². The van der Waals surface area contributed by atoms with Gasteiger partial charge in [-0.05, 0) is 27.6 Å². The second-order valence-electron chi connectivity index (χ2n) is 2.19. The predicted molar refractivity (Wildman–Crippen MR) is 58.3 cm³/mol. The van der Waals surface area contributed by atoms with E-state index in [2.05, 4.69) is 31.9 Å². The summed E-state index contributed by atoms with van der Waals surface area (Å²) >= 11 is 12.7. The van der Waals surface area contributed by atoms with E-state index < -0.39 is 0 Å². The lowest BCUT2D eigenvalue weighted by atomic mass is 10.2. The molecule has 0 N–H and O–H groups in total. The summed E-state index contributed by atoms with van der Waals surface area (Å²) in [5, 5.41) is 1.39. The van der Waals surface area contributed by atoms with Crippen LogP contribution in [0.3, 0.4) is 0 Å². The fourth-order valence-electron chi connectivity index (χ4n) is 0.864. The molecule has 1 aromatic rings. The smallest absolute Gasteiger partial charge is 0.151 e. The van der Waals surface area contributed by atoms with E-state index in [0.717, 1.165) is 15.4 Å². The number of hydrogen-bond donors (Lipinski definition) is 0. The molecular formula is C8H7Br2ClO. The van der Waals surface area contributed by atoms with Gasteiger partial charge in [0.1, 0.15) is 0 Å². The minimum atomic E-state index is 0.656. The van der Waals surface area contributed by atoms with E-state index in [-0.39, 0.29) is 0 Å². The molecule has 0 atom stereocenters. The minimum absolute atomic E-state index is 0.656. The van der Waals surface area contributed by atoms with Gasteiger partial charge in [0.25, 0.3) is 0 Å². The standard InChI is InChI=1S/C8H7Br2ClO/c1-12-8-6(10)3-2-5(4-9)7(8)11/h2-3H,4H2,1H3. The molecule has 4 heteroatoms. The maximum Gasteiger partial charge on any atom is 0.151 e. The van der Waals surface area contributed by atoms with Gasteiger partial charge in [0, 0.05) is 5.33 Å². The molecule has 1 aromatic carbocycles. The van der Waals surface area contributed by atoms with Gasteiger partial charge in [0.2, 0.25) is 0 Å². The van der Waals surface area contributed by atoms with E-state index in [1.54, 1.807) is 7.11 Å². The monoisotopic (exact) mass is 312 g/mol. The third-order valence-corrected chi connectivity index (χ3v) is 3.12. The molecule has 0 heterocycles. The zero-order chi connectivity index (χ0) is 9.14. The molecule has 0 spiro atoms. The first-order chi connectivity index (χ1) is 5.70. The maximum atomic E-state index is 6.03. The number of hydrogen-bond acceptors (Lipinski definition) is 1. The first-order valence-corrected chi connectivity index (χ1v) is 5.56. The molecule has 0 saturated carbocycles. The van der Waals surface area contributed by atoms with Gasteiger partial charge in [-0.2, -0.15) is 0 Å². The first kappa shape index (κ1) is 10.4. The van der Waals surface area contributed by atoms with Gasteiger partial charge in [-0.25, -0.2) is 0 Å². The molecule has 0 fully saturated rings. The summed E-state index contributed by atoms with van der Waals surface area (Å²) in [5.74, 6) is 0.689. The van der Waals surface area contributed by atoms with Crippen molar-refractivity contribution in [3.8, 4) is 5.75 Å². The fraction of sp³-hybridized carbons (Fsp3) is 0.250. The Bertz CT molecular complexity index is 289. The topological polar surface area (TPSA) is 9.23 Å². The fourth-order valence-corrected chi connectivity index (χ4v) is 2.41. The summed E-state index contributed by atoms with van der Waals surface area (Å²) in [4.78, 5) is 0. The Morgan fingerprint density at radius 3 is 2.67 bits per heavy atom. The molecule has 66 valence electrons. The lowest BCUT2D eigenvalue weighted by molar-refractivity contribution is 0.412. The van der Waals surface area contributed by atoms with E-state index in [0.29, 0.717) is 10.8 Å². The lowest BCUT2D eigenvalue weighted by Gasteiger charge is -2.08. The Labute approximate surface area is 93.3 Å². The van der Waals surface area contributed by atoms with E-state index >= 15 is 0 Å². The summed E-state index contributed by atoms with van der Waals surface area (Å²) in [6.45, 7) is 0. The van der Waals surface area contributed by atoms with Crippen molar-refractivity contribution in [2.24, 2.45) is 0 Å². The average molecular weight is 314 g/mol. The van der Waals surface area contributed by atoms with E-state index in [4.69, 9.17) is 16.3 Å². The molecule has 12 heavy (non-hydrogen) atoms. The molecule has 0 aliphatic carbocycles. The van der Waals surface area contributed by atoms with Crippen LogP contribution in [0.5, 0.6) is 5.75 Å². The lowest BCUT2D eigenvalue weighted by Crippen LogP contribution is -1.89. The van der Waals surface area contributed by atoms with Gasteiger partial charge in [-0.15, -0.1) is 0 Å². The number of rotatable bonds is 2. The summed E-state index contributed by atoms with van der Waals surface area (Å²) in [6, 6.07) is 3.87. The highest BCUT2D eigenvalue weighted by atomic mass is 79.9. The summed E-state index contributed by atoms with van der Waals surface area (Å²) < 4.78 is 5.99. The molecule has 1 rings (SSSR count). The predicted octanol–water partition coefficient (Wildman–Crippen LogP) is 4.01. The highest BCUT2D eigenvalue weighted by Gasteiger charge is 2.09. The summed E-state index contributed by atoms with van der Waals surface area (Å²) in [6.07, 6.45) is 0. The van der Waals surface area contributed by atoms with E-state index in [1.165, 1.54) is 0 Å². The zero-order valence-corrected chi connectivity index (χ0v) is 10.3. The average Bonchev–Trinajstić information content (AvgIpc) is 2.06. The third kappa shape index (κ3) is 1.95. The van der Waals surface area contributed by atoms with Crippen LogP contribution < -0.4 is 4.74 Å². The van der Waals surface area contributed by atoms with E-state index in [9.17, 15) is 0 Å². The Morgan fingerprint density at radius 2 is 2.17 bits per heavy atom. The summed E-state index contributed by atoms with van der Waals surface area (Å²) in [7, 11) is 1.60. The molecule has 0 amide bonds. The molecule has 0 aromatic heterocycles. The number of halogens is 3. The van der Waals surface area contributed by atoms with Crippen LogP contribution in [0.25, 0.3) is 0 Å². The second kappa shape index (κ2) is 4.49. The number of benzene rings is 1.